The van der Waals surface area contributed by atoms with E-state index in [0.717, 1.165) is 0 Å². The summed E-state index contributed by atoms with van der Waals surface area (Å²) in [5.41, 5.74) is 12.4. The molecule has 0 fully saturated rings. The smallest absolute Gasteiger partial charge is 0.338 e. The van der Waals surface area contributed by atoms with Gasteiger partial charge in [-0.3, -0.25) is 0 Å². The molecule has 0 bridgehead atoms. The van der Waals surface area contributed by atoms with Crippen LogP contribution in [0.15, 0.2) is 18.2 Å². The zero-order valence-electron chi connectivity index (χ0n) is 9.56. The average molecular weight is 223 g/mol. The third kappa shape index (κ3) is 3.43. The summed E-state index contributed by atoms with van der Waals surface area (Å²) in [6, 6.07) is 4.72. The highest BCUT2D eigenvalue weighted by atomic mass is 16.5. The molecule has 0 aliphatic carbocycles. The fourth-order valence-corrected chi connectivity index (χ4v) is 1.11. The van der Waals surface area contributed by atoms with E-state index in [1.165, 1.54) is 6.07 Å². The van der Waals surface area contributed by atoms with Crippen molar-refractivity contribution in [2.75, 3.05) is 38.7 Å². The van der Waals surface area contributed by atoms with Crippen LogP contribution in [0.1, 0.15) is 10.4 Å². The molecule has 5 heteroatoms. The number of benzene rings is 1. The Hall–Kier alpha value is -1.75. The van der Waals surface area contributed by atoms with Gasteiger partial charge in [0, 0.05) is 6.54 Å². The highest BCUT2D eigenvalue weighted by molar-refractivity contribution is 5.91. The summed E-state index contributed by atoms with van der Waals surface area (Å²) in [7, 11) is 3.82. The number of carbonyl (C=O) groups excluding carboxylic acids is 1. The van der Waals surface area contributed by atoms with Crippen molar-refractivity contribution in [2.45, 2.75) is 0 Å². The Balaban J connectivity index is 2.56. The Labute approximate surface area is 95.0 Å². The van der Waals surface area contributed by atoms with Crippen molar-refractivity contribution >= 4 is 17.3 Å². The lowest BCUT2D eigenvalue weighted by atomic mass is 10.2. The lowest BCUT2D eigenvalue weighted by Crippen LogP contribution is -2.20. The standard InChI is InChI=1S/C11H17N3O2/c1-14(2)5-6-16-11(15)8-3-4-9(12)10(13)7-8/h3-4,7H,5-6,12-13H2,1-2H3. The number of hydrogen-bond donors (Lipinski definition) is 2. The third-order valence-electron chi connectivity index (χ3n) is 2.09. The van der Waals surface area contributed by atoms with Gasteiger partial charge in [-0.15, -0.1) is 0 Å². The van der Waals surface area contributed by atoms with E-state index in [2.05, 4.69) is 0 Å². The molecule has 1 aromatic carbocycles. The lowest BCUT2D eigenvalue weighted by molar-refractivity contribution is 0.0482. The van der Waals surface area contributed by atoms with Crippen LogP contribution in [0.3, 0.4) is 0 Å². The van der Waals surface area contributed by atoms with E-state index in [1.807, 2.05) is 19.0 Å². The Bertz CT molecular complexity index is 377. The predicted octanol–water partition coefficient (Wildman–Crippen LogP) is 0.569. The van der Waals surface area contributed by atoms with Crippen LogP contribution in [0.2, 0.25) is 0 Å². The number of nitrogens with zero attached hydrogens (tertiary/aromatic N) is 1. The number of esters is 1. The molecule has 1 rings (SSSR count). The quantitative estimate of drug-likeness (QED) is 0.576. The third-order valence-corrected chi connectivity index (χ3v) is 2.09. The normalized spacial score (nSPS) is 10.4. The summed E-state index contributed by atoms with van der Waals surface area (Å²) in [5.74, 6) is -0.381. The van der Waals surface area contributed by atoms with Gasteiger partial charge < -0.3 is 21.1 Å². The van der Waals surface area contributed by atoms with E-state index < -0.39 is 0 Å². The fourth-order valence-electron chi connectivity index (χ4n) is 1.11. The molecule has 4 N–H and O–H groups in total. The number of rotatable bonds is 4. The van der Waals surface area contributed by atoms with E-state index in [0.29, 0.717) is 30.1 Å². The summed E-state index contributed by atoms with van der Waals surface area (Å²) < 4.78 is 5.06. The maximum absolute atomic E-state index is 11.6. The van der Waals surface area contributed by atoms with Crippen LogP contribution in [0, 0.1) is 0 Å². The molecule has 0 aromatic heterocycles. The van der Waals surface area contributed by atoms with Gasteiger partial charge in [0.05, 0.1) is 16.9 Å². The van der Waals surface area contributed by atoms with Gasteiger partial charge in [0.2, 0.25) is 0 Å². The largest absolute Gasteiger partial charge is 0.461 e. The minimum Gasteiger partial charge on any atom is -0.461 e. The maximum Gasteiger partial charge on any atom is 0.338 e. The van der Waals surface area contributed by atoms with E-state index in [-0.39, 0.29) is 5.97 Å². The van der Waals surface area contributed by atoms with Crippen molar-refractivity contribution in [3.8, 4) is 0 Å². The second-order valence-corrected chi connectivity index (χ2v) is 3.78. The second kappa shape index (κ2) is 5.37. The number of anilines is 2. The number of carbonyl (C=O) groups is 1. The first-order chi connectivity index (χ1) is 7.50. The van der Waals surface area contributed by atoms with Gasteiger partial charge in [0.1, 0.15) is 6.61 Å². The molecule has 0 unspecified atom stereocenters. The molecule has 0 aliphatic rings. The van der Waals surface area contributed by atoms with Crippen LogP contribution >= 0.6 is 0 Å². The van der Waals surface area contributed by atoms with E-state index >= 15 is 0 Å². The number of hydrogen-bond acceptors (Lipinski definition) is 5. The summed E-state index contributed by atoms with van der Waals surface area (Å²) in [5, 5.41) is 0. The van der Waals surface area contributed by atoms with Gasteiger partial charge in [-0.05, 0) is 32.3 Å². The molecule has 16 heavy (non-hydrogen) atoms. The lowest BCUT2D eigenvalue weighted by Gasteiger charge is -2.10. The van der Waals surface area contributed by atoms with Crippen LogP contribution in [-0.4, -0.2) is 38.1 Å². The molecule has 0 atom stereocenters. The van der Waals surface area contributed by atoms with Gasteiger partial charge in [0.25, 0.3) is 0 Å². The van der Waals surface area contributed by atoms with Crippen LogP contribution in [-0.2, 0) is 4.74 Å². The molecule has 0 heterocycles. The Kier molecular flexibility index (Phi) is 4.13. The SMILES string of the molecule is CN(C)CCOC(=O)c1ccc(N)c(N)c1. The summed E-state index contributed by atoms with van der Waals surface area (Å²) >= 11 is 0. The molecular formula is C11H17N3O2. The van der Waals surface area contributed by atoms with E-state index in [1.54, 1.807) is 12.1 Å². The summed E-state index contributed by atoms with van der Waals surface area (Å²) in [6.07, 6.45) is 0. The molecule has 0 saturated carbocycles. The second-order valence-electron chi connectivity index (χ2n) is 3.78. The van der Waals surface area contributed by atoms with Crippen molar-refractivity contribution in [2.24, 2.45) is 0 Å². The van der Waals surface area contributed by atoms with Crippen molar-refractivity contribution in [3.05, 3.63) is 23.8 Å². The Morgan fingerprint density at radius 1 is 1.31 bits per heavy atom. The van der Waals surface area contributed by atoms with Gasteiger partial charge in [0.15, 0.2) is 0 Å². The summed E-state index contributed by atoms with van der Waals surface area (Å²) in [4.78, 5) is 13.5. The number of nitrogen functional groups attached to an aromatic ring is 2. The van der Waals surface area contributed by atoms with E-state index in [4.69, 9.17) is 16.2 Å². The van der Waals surface area contributed by atoms with Gasteiger partial charge in [-0.1, -0.05) is 0 Å². The molecule has 88 valence electrons. The van der Waals surface area contributed by atoms with Crippen LogP contribution in [0.25, 0.3) is 0 Å². The molecule has 0 spiro atoms. The average Bonchev–Trinajstić information content (AvgIpc) is 2.21. The number of nitrogens with two attached hydrogens (primary N) is 2. The minimum absolute atomic E-state index is 0.357. The maximum atomic E-state index is 11.6. The number of ether oxygens (including phenoxy) is 1. The first kappa shape index (κ1) is 12.3. The van der Waals surface area contributed by atoms with Crippen molar-refractivity contribution in [3.63, 3.8) is 0 Å². The Morgan fingerprint density at radius 3 is 2.56 bits per heavy atom. The van der Waals surface area contributed by atoms with E-state index in [9.17, 15) is 4.79 Å². The molecule has 0 radical (unpaired) electrons. The molecule has 0 aliphatic heterocycles. The van der Waals surface area contributed by atoms with Crippen molar-refractivity contribution in [1.29, 1.82) is 0 Å². The number of likely N-dealkylation sites (N-methyl/N-ethyl adjacent to an activating group) is 1. The fraction of sp³-hybridized carbons (Fsp3) is 0.364. The molecule has 0 amide bonds. The van der Waals surface area contributed by atoms with Gasteiger partial charge in [-0.25, -0.2) is 4.79 Å². The van der Waals surface area contributed by atoms with Crippen LogP contribution in [0.5, 0.6) is 0 Å². The summed E-state index contributed by atoms with van der Waals surface area (Å²) in [6.45, 7) is 1.05. The first-order valence-electron chi connectivity index (χ1n) is 4.97. The molecule has 0 saturated heterocycles. The molecule has 5 nitrogen and oxygen atoms in total. The minimum atomic E-state index is -0.381. The zero-order valence-corrected chi connectivity index (χ0v) is 9.56. The zero-order chi connectivity index (χ0) is 12.1. The molecule has 1 aromatic rings. The van der Waals surface area contributed by atoms with Crippen molar-refractivity contribution < 1.29 is 9.53 Å². The molecular weight excluding hydrogens is 206 g/mol. The predicted molar refractivity (Wildman–Crippen MR) is 64.1 cm³/mol. The highest BCUT2D eigenvalue weighted by Gasteiger charge is 2.08. The monoisotopic (exact) mass is 223 g/mol. The van der Waals surface area contributed by atoms with Crippen LogP contribution < -0.4 is 11.5 Å². The Morgan fingerprint density at radius 2 is 2.00 bits per heavy atom. The van der Waals surface area contributed by atoms with Gasteiger partial charge >= 0.3 is 5.97 Å². The topological polar surface area (TPSA) is 81.6 Å². The highest BCUT2D eigenvalue weighted by Crippen LogP contribution is 2.16. The first-order valence-corrected chi connectivity index (χ1v) is 4.97. The van der Waals surface area contributed by atoms with Crippen LogP contribution in [0.4, 0.5) is 11.4 Å². The van der Waals surface area contributed by atoms with Crippen molar-refractivity contribution in [1.82, 2.24) is 4.90 Å². The van der Waals surface area contributed by atoms with Gasteiger partial charge in [-0.2, -0.15) is 0 Å².